The van der Waals surface area contributed by atoms with Gasteiger partial charge in [-0.3, -0.25) is 9.78 Å². The van der Waals surface area contributed by atoms with E-state index < -0.39 is 15.9 Å². The summed E-state index contributed by atoms with van der Waals surface area (Å²) < 4.78 is 25.3. The van der Waals surface area contributed by atoms with Gasteiger partial charge in [0.2, 0.25) is 0 Å². The molecule has 1 atom stereocenters. The zero-order valence-electron chi connectivity index (χ0n) is 22.6. The van der Waals surface area contributed by atoms with Crippen LogP contribution < -0.4 is 0 Å². The number of nitrogens with zero attached hydrogens (tertiary/aromatic N) is 5. The Morgan fingerprint density at radius 3 is 2.35 bits per heavy atom. The summed E-state index contributed by atoms with van der Waals surface area (Å²) in [5.41, 5.74) is 6.33. The quantitative estimate of drug-likeness (QED) is 0.340. The molecular weight excluding hydrogens is 530 g/mol. The van der Waals surface area contributed by atoms with Gasteiger partial charge < -0.3 is 14.8 Å². The molecule has 40 heavy (non-hydrogen) atoms. The summed E-state index contributed by atoms with van der Waals surface area (Å²) in [4.78, 5) is 35.4. The van der Waals surface area contributed by atoms with Crippen molar-refractivity contribution in [3.8, 4) is 22.4 Å². The number of aromatic nitrogens is 4. The van der Waals surface area contributed by atoms with E-state index >= 15 is 0 Å². The Balaban J connectivity index is 1.47. The van der Waals surface area contributed by atoms with Gasteiger partial charge in [0.05, 0.1) is 22.5 Å². The summed E-state index contributed by atoms with van der Waals surface area (Å²) in [6.45, 7) is 4.45. The number of hydrogen-bond donors (Lipinski definition) is 1. The van der Waals surface area contributed by atoms with Crippen LogP contribution in [0.4, 0.5) is 0 Å². The molecule has 0 saturated carbocycles. The number of aldehydes is 1. The highest BCUT2D eigenvalue weighted by Crippen LogP contribution is 2.34. The fourth-order valence-electron chi connectivity index (χ4n) is 5.30. The molecule has 208 valence electrons. The van der Waals surface area contributed by atoms with E-state index in [-0.39, 0.29) is 23.1 Å². The molecule has 1 aliphatic rings. The Morgan fingerprint density at radius 2 is 1.77 bits per heavy atom. The Morgan fingerprint density at radius 1 is 1.10 bits per heavy atom. The lowest BCUT2D eigenvalue weighted by atomic mass is 9.89. The van der Waals surface area contributed by atoms with Gasteiger partial charge in [0.1, 0.15) is 12.4 Å². The number of amides is 1. The summed E-state index contributed by atoms with van der Waals surface area (Å²) in [5, 5.41) is 14.2. The molecular formula is C29H31N5O5S. The minimum Gasteiger partial charge on any atom is -0.384 e. The second kappa shape index (κ2) is 10.9. The zero-order chi connectivity index (χ0) is 28.6. The van der Waals surface area contributed by atoms with Crippen molar-refractivity contribution >= 4 is 27.7 Å². The Bertz CT molecular complexity index is 1670. The normalized spacial score (nSPS) is 15.3. The second-order valence-electron chi connectivity index (χ2n) is 10.2. The number of fused-ring (bicyclic) bond motifs is 1. The summed E-state index contributed by atoms with van der Waals surface area (Å²) in [7, 11) is -3.27. The van der Waals surface area contributed by atoms with Gasteiger partial charge in [0, 0.05) is 65.8 Å². The van der Waals surface area contributed by atoms with Gasteiger partial charge in [0.15, 0.2) is 15.5 Å². The Kier molecular flexibility index (Phi) is 7.52. The van der Waals surface area contributed by atoms with Crippen LogP contribution in [0.5, 0.6) is 0 Å². The van der Waals surface area contributed by atoms with Crippen LogP contribution in [0.2, 0.25) is 0 Å². The lowest BCUT2D eigenvalue weighted by Crippen LogP contribution is -2.42. The van der Waals surface area contributed by atoms with E-state index in [4.69, 9.17) is 4.98 Å². The lowest BCUT2D eigenvalue weighted by molar-refractivity contribution is -0.140. The van der Waals surface area contributed by atoms with E-state index in [9.17, 15) is 23.1 Å². The number of carbonyl (C=O) groups is 2. The maximum Gasteiger partial charge on any atom is 0.251 e. The van der Waals surface area contributed by atoms with Gasteiger partial charge in [-0.2, -0.15) is 5.10 Å². The Hall–Kier alpha value is -3.96. The summed E-state index contributed by atoms with van der Waals surface area (Å²) >= 11 is 0. The summed E-state index contributed by atoms with van der Waals surface area (Å²) in [5.74, 6) is -0.207. The standard InChI is InChI=1S/C29H31N5O5S/c1-18-24(12-15-35)27(21-10-13-33(14-11-21)29(37)19(2)36)32-28-25(17-31-34(18)28)22-6-9-26(30-16-22)20-4-7-23(8-5-20)40(3,38)39/h4-9,15-17,19,21,36H,10-14H2,1-3H3. The molecule has 1 N–H and O–H groups in total. The molecule has 0 radical (unpaired) electrons. The number of carbonyl (C=O) groups excluding carboxylic acids is 2. The number of sulfone groups is 1. The van der Waals surface area contributed by atoms with Crippen LogP contribution in [-0.4, -0.2) is 75.6 Å². The first-order valence-electron chi connectivity index (χ1n) is 13.1. The van der Waals surface area contributed by atoms with Crippen LogP contribution in [0.3, 0.4) is 0 Å². The number of likely N-dealkylation sites (tertiary alicyclic amines) is 1. The summed E-state index contributed by atoms with van der Waals surface area (Å²) in [6, 6.07) is 10.4. The van der Waals surface area contributed by atoms with Crippen LogP contribution in [0.25, 0.3) is 28.0 Å². The molecule has 0 aliphatic carbocycles. The lowest BCUT2D eigenvalue weighted by Gasteiger charge is -2.33. The maximum absolute atomic E-state index is 12.2. The number of rotatable bonds is 7. The summed E-state index contributed by atoms with van der Waals surface area (Å²) in [6.07, 6.45) is 6.10. The molecule has 1 fully saturated rings. The number of aliphatic hydroxyl groups is 1. The Labute approximate surface area is 232 Å². The number of hydrogen-bond acceptors (Lipinski definition) is 8. The van der Waals surface area contributed by atoms with Crippen LogP contribution >= 0.6 is 0 Å². The fourth-order valence-corrected chi connectivity index (χ4v) is 5.93. The molecule has 1 saturated heterocycles. The third-order valence-electron chi connectivity index (χ3n) is 7.52. The van der Waals surface area contributed by atoms with Crippen molar-refractivity contribution in [3.63, 3.8) is 0 Å². The maximum atomic E-state index is 12.2. The highest BCUT2D eigenvalue weighted by molar-refractivity contribution is 7.90. The number of aliphatic hydroxyl groups excluding tert-OH is 1. The van der Waals surface area contributed by atoms with Crippen molar-refractivity contribution in [2.24, 2.45) is 0 Å². The molecule has 11 heteroatoms. The predicted molar refractivity (Wildman–Crippen MR) is 150 cm³/mol. The first-order chi connectivity index (χ1) is 19.1. The van der Waals surface area contributed by atoms with E-state index in [0.29, 0.717) is 37.3 Å². The number of piperidine rings is 1. The molecule has 0 spiro atoms. The molecule has 1 aromatic carbocycles. The van der Waals surface area contributed by atoms with Gasteiger partial charge in [-0.25, -0.2) is 17.9 Å². The third kappa shape index (κ3) is 5.26. The largest absolute Gasteiger partial charge is 0.384 e. The smallest absolute Gasteiger partial charge is 0.251 e. The molecule has 0 bridgehead atoms. The van der Waals surface area contributed by atoms with Crippen molar-refractivity contribution in [2.75, 3.05) is 19.3 Å². The highest BCUT2D eigenvalue weighted by atomic mass is 32.2. The minimum atomic E-state index is -3.27. The highest BCUT2D eigenvalue weighted by Gasteiger charge is 2.29. The van der Waals surface area contributed by atoms with E-state index in [1.54, 1.807) is 46.1 Å². The van der Waals surface area contributed by atoms with Crippen molar-refractivity contribution in [1.82, 2.24) is 24.5 Å². The molecule has 10 nitrogen and oxygen atoms in total. The molecule has 4 heterocycles. The predicted octanol–water partition coefficient (Wildman–Crippen LogP) is 3.00. The molecule has 3 aromatic heterocycles. The third-order valence-corrected chi connectivity index (χ3v) is 8.65. The van der Waals surface area contributed by atoms with Gasteiger partial charge in [-0.15, -0.1) is 0 Å². The first kappa shape index (κ1) is 27.6. The molecule has 5 rings (SSSR count). The van der Waals surface area contributed by atoms with Crippen LogP contribution in [0, 0.1) is 6.92 Å². The SMILES string of the molecule is Cc1c(CC=O)c(C2CCN(C(=O)C(C)O)CC2)nc2c(-c3ccc(-c4ccc(S(C)(=O)=O)cc4)nc3)cnn12. The average Bonchev–Trinajstić information content (AvgIpc) is 3.38. The topological polar surface area (TPSA) is 135 Å². The van der Waals surface area contributed by atoms with Crippen LogP contribution in [-0.2, 0) is 25.8 Å². The van der Waals surface area contributed by atoms with E-state index in [1.165, 1.54) is 13.2 Å². The number of pyridine rings is 1. The fraction of sp³-hybridized carbons (Fsp3) is 0.345. The first-order valence-corrected chi connectivity index (χ1v) is 15.0. The van der Waals surface area contributed by atoms with Crippen LogP contribution in [0.15, 0.2) is 53.7 Å². The molecule has 1 amide bonds. The van der Waals surface area contributed by atoms with Crippen molar-refractivity contribution < 1.29 is 23.1 Å². The minimum absolute atomic E-state index is 0.0647. The van der Waals surface area contributed by atoms with Gasteiger partial charge in [-0.1, -0.05) is 18.2 Å². The van der Waals surface area contributed by atoms with E-state index in [2.05, 4.69) is 10.1 Å². The monoisotopic (exact) mass is 561 g/mol. The number of benzene rings is 1. The van der Waals surface area contributed by atoms with Gasteiger partial charge in [-0.05, 0) is 44.9 Å². The van der Waals surface area contributed by atoms with Gasteiger partial charge in [0.25, 0.3) is 5.91 Å². The average molecular weight is 562 g/mol. The van der Waals surface area contributed by atoms with Crippen LogP contribution in [0.1, 0.15) is 42.6 Å². The van der Waals surface area contributed by atoms with Crippen molar-refractivity contribution in [2.45, 2.75) is 50.0 Å². The molecule has 1 unspecified atom stereocenters. The van der Waals surface area contributed by atoms with Gasteiger partial charge >= 0.3 is 0 Å². The van der Waals surface area contributed by atoms with E-state index in [1.807, 2.05) is 19.1 Å². The zero-order valence-corrected chi connectivity index (χ0v) is 23.4. The van der Waals surface area contributed by atoms with E-state index in [0.717, 1.165) is 39.9 Å². The molecule has 1 aliphatic heterocycles. The second-order valence-corrected chi connectivity index (χ2v) is 12.2. The van der Waals surface area contributed by atoms with Crippen molar-refractivity contribution in [1.29, 1.82) is 0 Å². The molecule has 4 aromatic rings. The van der Waals surface area contributed by atoms with Crippen molar-refractivity contribution in [3.05, 3.63) is 65.7 Å². The number of aryl methyl sites for hydroxylation is 1.